The average Bonchev–Trinajstić information content (AvgIpc) is 2.97. The number of rotatable bonds is 15. The Bertz CT molecular complexity index is 1270. The number of carboxylic acids is 1. The lowest BCUT2D eigenvalue weighted by molar-refractivity contribution is -0.361. The van der Waals surface area contributed by atoms with Crippen LogP contribution < -0.4 is 5.73 Å². The average molecular weight is 724 g/mol. The minimum absolute atomic E-state index is 0.612. The number of nitrogens with two attached hydrogens (primary N) is 1. The zero-order valence-corrected chi connectivity index (χ0v) is 28.3. The lowest BCUT2D eigenvalue weighted by Gasteiger charge is -2.48. The Morgan fingerprint density at radius 3 is 1.32 bits per heavy atom. The van der Waals surface area contributed by atoms with Crippen LogP contribution in [0.4, 0.5) is 0 Å². The molecule has 0 bridgehead atoms. The van der Waals surface area contributed by atoms with E-state index in [1.54, 1.807) is 0 Å². The maximum absolute atomic E-state index is 12.4. The van der Waals surface area contributed by atoms with Gasteiger partial charge >= 0.3 is 47.8 Å². The van der Waals surface area contributed by atoms with Crippen molar-refractivity contribution in [3.8, 4) is 0 Å². The molecule has 21 nitrogen and oxygen atoms in total. The lowest BCUT2D eigenvalue weighted by atomic mass is 9.96. The number of ether oxygens (including phenoxy) is 11. The van der Waals surface area contributed by atoms with Gasteiger partial charge < -0.3 is 62.9 Å². The maximum atomic E-state index is 12.4. The molecule has 0 aromatic rings. The van der Waals surface area contributed by atoms with E-state index in [0.29, 0.717) is 0 Å². The van der Waals surface area contributed by atoms with Gasteiger partial charge in [0.25, 0.3) is 0 Å². The summed E-state index contributed by atoms with van der Waals surface area (Å²) in [5.74, 6) is -7.74. The molecule has 0 amide bonds. The molecule has 2 aliphatic heterocycles. The van der Waals surface area contributed by atoms with Crippen LogP contribution in [0.2, 0.25) is 0 Å². The predicted octanol–water partition coefficient (Wildman–Crippen LogP) is -1.97. The Labute approximate surface area is 285 Å². The summed E-state index contributed by atoms with van der Waals surface area (Å²) in [5, 5.41) is 9.22. The number of esters is 7. The molecule has 0 spiro atoms. The third-order valence-electron chi connectivity index (χ3n) is 6.64. The Morgan fingerprint density at radius 1 is 0.540 bits per heavy atom. The fourth-order valence-electron chi connectivity index (χ4n) is 4.88. The smallest absolute Gasteiger partial charge is 0.322 e. The van der Waals surface area contributed by atoms with Gasteiger partial charge in [-0.15, -0.1) is 0 Å². The summed E-state index contributed by atoms with van der Waals surface area (Å²) in [4.78, 5) is 96.2. The predicted molar refractivity (Wildman–Crippen MR) is 155 cm³/mol. The molecule has 3 N–H and O–H groups in total. The van der Waals surface area contributed by atoms with Gasteiger partial charge in [0.15, 0.2) is 43.1 Å². The molecule has 0 saturated carbocycles. The molecule has 2 fully saturated rings. The summed E-state index contributed by atoms with van der Waals surface area (Å²) >= 11 is 0. The molecule has 0 aliphatic carbocycles. The van der Waals surface area contributed by atoms with E-state index in [9.17, 15) is 43.5 Å². The van der Waals surface area contributed by atoms with Gasteiger partial charge in [-0.2, -0.15) is 0 Å². The molecule has 2 saturated heterocycles. The van der Waals surface area contributed by atoms with Gasteiger partial charge in [-0.1, -0.05) is 0 Å². The normalized spacial score (nSPS) is 29.7. The van der Waals surface area contributed by atoms with Gasteiger partial charge in [0.05, 0.1) is 6.61 Å². The Morgan fingerprint density at radius 2 is 0.900 bits per heavy atom. The van der Waals surface area contributed by atoms with Crippen molar-refractivity contribution in [2.75, 3.05) is 19.8 Å². The molecule has 2 heterocycles. The van der Waals surface area contributed by atoms with Gasteiger partial charge in [-0.25, -0.2) is 0 Å². The van der Waals surface area contributed by atoms with Crippen LogP contribution in [-0.4, -0.2) is 140 Å². The van der Waals surface area contributed by atoms with Crippen molar-refractivity contribution in [2.24, 2.45) is 5.73 Å². The van der Waals surface area contributed by atoms with Gasteiger partial charge in [-0.3, -0.25) is 38.4 Å². The van der Waals surface area contributed by atoms with E-state index < -0.39 is 135 Å². The van der Waals surface area contributed by atoms with Crippen molar-refractivity contribution in [3.63, 3.8) is 0 Å². The van der Waals surface area contributed by atoms with Crippen LogP contribution in [0.5, 0.6) is 0 Å². The van der Waals surface area contributed by atoms with Gasteiger partial charge in [0, 0.05) is 48.5 Å². The highest BCUT2D eigenvalue weighted by atomic mass is 16.8. The van der Waals surface area contributed by atoms with Crippen LogP contribution in [-0.2, 0) is 90.5 Å². The van der Waals surface area contributed by atoms with E-state index in [-0.39, 0.29) is 0 Å². The summed E-state index contributed by atoms with van der Waals surface area (Å²) in [5.41, 5.74) is 5.56. The largest absolute Gasteiger partial charge is 0.480 e. The van der Waals surface area contributed by atoms with Gasteiger partial charge in [0.2, 0.25) is 0 Å². The van der Waals surface area contributed by atoms with Crippen LogP contribution in [0.1, 0.15) is 48.5 Å². The van der Waals surface area contributed by atoms with Crippen LogP contribution in [0.15, 0.2) is 0 Å². The van der Waals surface area contributed by atoms with Crippen LogP contribution in [0.25, 0.3) is 0 Å². The van der Waals surface area contributed by atoms with Crippen molar-refractivity contribution >= 4 is 47.8 Å². The zero-order valence-electron chi connectivity index (χ0n) is 28.3. The summed E-state index contributed by atoms with van der Waals surface area (Å²) in [7, 11) is 0. The van der Waals surface area contributed by atoms with Crippen molar-refractivity contribution in [3.05, 3.63) is 0 Å². The van der Waals surface area contributed by atoms with Crippen LogP contribution in [0.3, 0.4) is 0 Å². The highest BCUT2D eigenvalue weighted by molar-refractivity contribution is 5.73. The minimum atomic E-state index is -1.86. The molecular weight excluding hydrogens is 682 g/mol. The summed E-state index contributed by atoms with van der Waals surface area (Å²) in [6.07, 6.45) is -16.6. The van der Waals surface area contributed by atoms with Crippen LogP contribution in [0, 0.1) is 0 Å². The molecule has 0 aromatic heterocycles. The molecule has 0 unspecified atom stereocenters. The van der Waals surface area contributed by atoms with Crippen molar-refractivity contribution < 1.29 is 95.6 Å². The Kier molecular flexibility index (Phi) is 15.9. The first kappa shape index (κ1) is 41.7. The second-order valence-corrected chi connectivity index (χ2v) is 10.9. The first-order valence-corrected chi connectivity index (χ1v) is 15.0. The first-order chi connectivity index (χ1) is 23.3. The molecule has 50 heavy (non-hydrogen) atoms. The fourth-order valence-corrected chi connectivity index (χ4v) is 4.88. The van der Waals surface area contributed by atoms with Crippen molar-refractivity contribution in [1.82, 2.24) is 0 Å². The Balaban J connectivity index is 2.73. The number of carbonyl (C=O) groups excluding carboxylic acids is 7. The second-order valence-electron chi connectivity index (χ2n) is 10.9. The van der Waals surface area contributed by atoms with E-state index in [1.165, 1.54) is 0 Å². The molecule has 2 aliphatic rings. The SMILES string of the molecule is CC(=O)OC[C@H]1O[C@@H](O[C@H]2[C@H](OC(C)=O)[C@@H](OC(C)=O)[C@H](OC[C@H](N)C(=O)O)O[C@@H]2COC(C)=O)[C@H](OC(C)=O)[C@@H](OC(C)=O)[C@H]1OC(C)=O. The quantitative estimate of drug-likeness (QED) is 0.137. The molecule has 2 rings (SSSR count). The van der Waals surface area contributed by atoms with Gasteiger partial charge in [-0.05, 0) is 0 Å². The highest BCUT2D eigenvalue weighted by Gasteiger charge is 2.57. The third kappa shape index (κ3) is 12.8. The second kappa shape index (κ2) is 19.1. The molecule has 282 valence electrons. The minimum Gasteiger partial charge on any atom is -0.480 e. The van der Waals surface area contributed by atoms with E-state index >= 15 is 0 Å². The molecular formula is C29H41NO20. The molecule has 0 aromatic carbocycles. The summed E-state index contributed by atoms with van der Waals surface area (Å²) in [6, 6.07) is -1.58. The van der Waals surface area contributed by atoms with E-state index in [1.807, 2.05) is 0 Å². The highest BCUT2D eigenvalue weighted by Crippen LogP contribution is 2.35. The van der Waals surface area contributed by atoms with E-state index in [2.05, 4.69) is 0 Å². The van der Waals surface area contributed by atoms with E-state index in [0.717, 1.165) is 48.5 Å². The fraction of sp³-hybridized carbons (Fsp3) is 0.724. The standard InChI is InChI=1S/C29H41NO20/c1-11(31)40-9-19-21(43-13(3)33)23(44-14(4)34)26(47-17(7)37)29(49-19)50-22-20(10-41-12(2)32)48-28(42-8-18(30)27(38)39)25(46-16(6)36)24(22)45-15(5)35/h18-26,28-29H,8-10,30H2,1-7H3,(H,38,39)/t18-,19+,20+,21-,22+,23-,24-,25+,26+,28+,29-/m0/s1. The number of carboxylic acid groups (broad SMARTS) is 1. The number of hydrogen-bond donors (Lipinski definition) is 2. The zero-order chi connectivity index (χ0) is 37.9. The molecule has 0 radical (unpaired) electrons. The maximum Gasteiger partial charge on any atom is 0.322 e. The summed E-state index contributed by atoms with van der Waals surface area (Å²) in [6.45, 7) is 5.17. The number of carbonyl (C=O) groups is 8. The van der Waals surface area contributed by atoms with E-state index in [4.69, 9.17) is 57.8 Å². The third-order valence-corrected chi connectivity index (χ3v) is 6.64. The molecule has 11 atom stereocenters. The monoisotopic (exact) mass is 723 g/mol. The van der Waals surface area contributed by atoms with Crippen LogP contribution >= 0.6 is 0 Å². The molecule has 21 heteroatoms. The van der Waals surface area contributed by atoms with Gasteiger partial charge in [0.1, 0.15) is 37.6 Å². The van der Waals surface area contributed by atoms with Crippen molar-refractivity contribution in [1.29, 1.82) is 0 Å². The summed E-state index contributed by atoms with van der Waals surface area (Å²) < 4.78 is 60.8. The lowest BCUT2D eigenvalue weighted by Crippen LogP contribution is -2.67. The number of hydrogen-bond acceptors (Lipinski definition) is 20. The Hall–Kier alpha value is -4.44. The first-order valence-electron chi connectivity index (χ1n) is 15.0. The van der Waals surface area contributed by atoms with Crippen molar-refractivity contribution in [2.45, 2.75) is 116 Å². The number of aliphatic carboxylic acids is 1. The topological polar surface area (TPSA) is 284 Å².